The van der Waals surface area contributed by atoms with Gasteiger partial charge in [0.25, 0.3) is 10.0 Å². The van der Waals surface area contributed by atoms with Gasteiger partial charge in [0, 0.05) is 12.6 Å². The summed E-state index contributed by atoms with van der Waals surface area (Å²) in [4.78, 5) is 28.3. The molecule has 3 aromatic rings. The van der Waals surface area contributed by atoms with E-state index in [2.05, 4.69) is 5.32 Å². The van der Waals surface area contributed by atoms with Crippen molar-refractivity contribution in [2.75, 3.05) is 18.0 Å². The largest absolute Gasteiger partial charge is 0.497 e. The van der Waals surface area contributed by atoms with E-state index in [0.717, 1.165) is 15.4 Å². The van der Waals surface area contributed by atoms with Crippen LogP contribution < -0.4 is 14.4 Å². The second-order valence-electron chi connectivity index (χ2n) is 9.37. The second kappa shape index (κ2) is 12.6. The number of sulfonamides is 1. The standard InChI is InChI=1S/C29H35N3O5S/c1-21(2)30-29(34)23(4)31(19-24-13-11-22(3)12-14-24)28(33)20-32(25-15-17-26(37-5)18-16-25)38(35,36)27-9-7-6-8-10-27/h6-18,21,23H,19-20H2,1-5H3,(H,30,34). The minimum absolute atomic E-state index is 0.0549. The summed E-state index contributed by atoms with van der Waals surface area (Å²) in [7, 11) is -2.58. The zero-order valence-corrected chi connectivity index (χ0v) is 23.2. The first-order valence-corrected chi connectivity index (χ1v) is 13.8. The number of hydrogen-bond donors (Lipinski definition) is 1. The van der Waals surface area contributed by atoms with Crippen molar-refractivity contribution in [3.8, 4) is 5.75 Å². The Kier molecular flexibility index (Phi) is 9.52. The Hall–Kier alpha value is -3.85. The molecule has 202 valence electrons. The van der Waals surface area contributed by atoms with Crippen molar-refractivity contribution in [2.24, 2.45) is 0 Å². The topological polar surface area (TPSA) is 96.0 Å². The summed E-state index contributed by atoms with van der Waals surface area (Å²) in [6, 6.07) is 21.1. The lowest BCUT2D eigenvalue weighted by molar-refractivity contribution is -0.139. The van der Waals surface area contributed by atoms with Crippen LogP contribution in [0.2, 0.25) is 0 Å². The maximum Gasteiger partial charge on any atom is 0.264 e. The molecule has 0 aliphatic rings. The van der Waals surface area contributed by atoms with Gasteiger partial charge in [0.05, 0.1) is 17.7 Å². The maximum absolute atomic E-state index is 13.8. The molecule has 3 aromatic carbocycles. The molecule has 0 aliphatic heterocycles. The fourth-order valence-corrected chi connectivity index (χ4v) is 5.31. The minimum atomic E-state index is -4.10. The number of methoxy groups -OCH3 is 1. The first kappa shape index (κ1) is 28.7. The normalized spacial score (nSPS) is 12.1. The van der Waals surface area contributed by atoms with E-state index in [9.17, 15) is 18.0 Å². The molecule has 0 aromatic heterocycles. The molecule has 2 amide bonds. The fraction of sp³-hybridized carbons (Fsp3) is 0.310. The second-order valence-corrected chi connectivity index (χ2v) is 11.2. The molecular formula is C29H35N3O5S. The molecule has 3 rings (SSSR count). The fourth-order valence-electron chi connectivity index (χ4n) is 3.87. The third-order valence-electron chi connectivity index (χ3n) is 6.04. The summed E-state index contributed by atoms with van der Waals surface area (Å²) < 4.78 is 33.8. The van der Waals surface area contributed by atoms with Gasteiger partial charge in [-0.1, -0.05) is 48.0 Å². The number of carbonyl (C=O) groups is 2. The van der Waals surface area contributed by atoms with Crippen molar-refractivity contribution in [3.63, 3.8) is 0 Å². The molecule has 0 heterocycles. The van der Waals surface area contributed by atoms with Crippen LogP contribution >= 0.6 is 0 Å². The van der Waals surface area contributed by atoms with Crippen molar-refractivity contribution in [1.82, 2.24) is 10.2 Å². The molecule has 38 heavy (non-hydrogen) atoms. The summed E-state index contributed by atoms with van der Waals surface area (Å²) in [5.41, 5.74) is 2.20. The van der Waals surface area contributed by atoms with Gasteiger partial charge in [-0.2, -0.15) is 0 Å². The Morgan fingerprint density at radius 2 is 1.50 bits per heavy atom. The quantitative estimate of drug-likeness (QED) is 0.397. The highest BCUT2D eigenvalue weighted by atomic mass is 32.2. The molecule has 0 saturated heterocycles. The van der Waals surface area contributed by atoms with Gasteiger partial charge in [0.1, 0.15) is 18.3 Å². The summed E-state index contributed by atoms with van der Waals surface area (Å²) in [6.45, 7) is 6.95. The van der Waals surface area contributed by atoms with E-state index >= 15 is 0 Å². The van der Waals surface area contributed by atoms with Gasteiger partial charge < -0.3 is 15.0 Å². The number of nitrogens with one attached hydrogen (secondary N) is 1. The van der Waals surface area contributed by atoms with Crippen molar-refractivity contribution < 1.29 is 22.7 Å². The number of carbonyl (C=O) groups excluding carboxylic acids is 2. The molecule has 0 radical (unpaired) electrons. The van der Waals surface area contributed by atoms with E-state index in [4.69, 9.17) is 4.74 Å². The molecule has 9 heteroatoms. The summed E-state index contributed by atoms with van der Waals surface area (Å²) >= 11 is 0. The number of anilines is 1. The number of nitrogens with zero attached hydrogens (tertiary/aromatic N) is 2. The van der Waals surface area contributed by atoms with E-state index in [-0.39, 0.29) is 23.4 Å². The van der Waals surface area contributed by atoms with Crippen LogP contribution in [0, 0.1) is 6.92 Å². The molecule has 0 bridgehead atoms. The Morgan fingerprint density at radius 3 is 2.05 bits per heavy atom. The monoisotopic (exact) mass is 537 g/mol. The van der Waals surface area contributed by atoms with E-state index in [1.54, 1.807) is 49.4 Å². The Bertz CT molecular complexity index is 1320. The lowest BCUT2D eigenvalue weighted by Gasteiger charge is -2.32. The predicted molar refractivity (Wildman–Crippen MR) is 148 cm³/mol. The molecule has 1 atom stereocenters. The third-order valence-corrected chi connectivity index (χ3v) is 7.83. The van der Waals surface area contributed by atoms with Crippen LogP contribution in [-0.4, -0.2) is 50.9 Å². The summed E-state index contributed by atoms with van der Waals surface area (Å²) in [5, 5.41) is 2.85. The third kappa shape index (κ3) is 7.13. The van der Waals surface area contributed by atoms with E-state index < -0.39 is 28.5 Å². The smallest absolute Gasteiger partial charge is 0.264 e. The molecule has 0 aliphatic carbocycles. The Balaban J connectivity index is 2.01. The van der Waals surface area contributed by atoms with E-state index in [0.29, 0.717) is 11.4 Å². The van der Waals surface area contributed by atoms with Crippen molar-refractivity contribution in [3.05, 3.63) is 90.0 Å². The number of benzene rings is 3. The van der Waals surface area contributed by atoms with Crippen LogP contribution in [0.1, 0.15) is 31.9 Å². The summed E-state index contributed by atoms with van der Waals surface area (Å²) in [6.07, 6.45) is 0. The van der Waals surface area contributed by atoms with Crippen LogP contribution in [0.25, 0.3) is 0 Å². The Labute approximate surface area is 225 Å². The predicted octanol–water partition coefficient (Wildman–Crippen LogP) is 4.14. The van der Waals surface area contributed by atoms with Crippen LogP contribution in [0.3, 0.4) is 0 Å². The zero-order chi connectivity index (χ0) is 27.9. The van der Waals surface area contributed by atoms with E-state index in [1.165, 1.54) is 24.1 Å². The molecule has 8 nitrogen and oxygen atoms in total. The van der Waals surface area contributed by atoms with E-state index in [1.807, 2.05) is 45.0 Å². The zero-order valence-electron chi connectivity index (χ0n) is 22.4. The number of rotatable bonds is 11. The van der Waals surface area contributed by atoms with Crippen molar-refractivity contribution in [1.29, 1.82) is 0 Å². The van der Waals surface area contributed by atoms with Crippen LogP contribution in [0.5, 0.6) is 5.75 Å². The minimum Gasteiger partial charge on any atom is -0.497 e. The Morgan fingerprint density at radius 1 is 0.895 bits per heavy atom. The molecule has 1 N–H and O–H groups in total. The van der Waals surface area contributed by atoms with Crippen molar-refractivity contribution in [2.45, 2.75) is 51.2 Å². The van der Waals surface area contributed by atoms with Gasteiger partial charge in [-0.15, -0.1) is 0 Å². The highest BCUT2D eigenvalue weighted by Gasteiger charge is 2.32. The highest BCUT2D eigenvalue weighted by Crippen LogP contribution is 2.26. The molecular weight excluding hydrogens is 502 g/mol. The number of amides is 2. The van der Waals surface area contributed by atoms with Gasteiger partial charge in [-0.25, -0.2) is 8.42 Å². The van der Waals surface area contributed by atoms with Crippen molar-refractivity contribution >= 4 is 27.5 Å². The summed E-state index contributed by atoms with van der Waals surface area (Å²) in [5.74, 6) is -0.271. The lowest BCUT2D eigenvalue weighted by atomic mass is 10.1. The first-order chi connectivity index (χ1) is 18.0. The average molecular weight is 538 g/mol. The SMILES string of the molecule is COc1ccc(N(CC(=O)N(Cc2ccc(C)cc2)C(C)C(=O)NC(C)C)S(=O)(=O)c2ccccc2)cc1. The van der Waals surface area contributed by atoms with Gasteiger partial charge in [0.2, 0.25) is 11.8 Å². The van der Waals surface area contributed by atoms with Gasteiger partial charge in [-0.05, 0) is 69.7 Å². The van der Waals surface area contributed by atoms with Gasteiger partial charge in [-0.3, -0.25) is 13.9 Å². The molecule has 0 saturated carbocycles. The van der Waals surface area contributed by atoms with Crippen LogP contribution in [0.4, 0.5) is 5.69 Å². The maximum atomic E-state index is 13.8. The number of ether oxygens (including phenoxy) is 1. The highest BCUT2D eigenvalue weighted by molar-refractivity contribution is 7.92. The first-order valence-electron chi connectivity index (χ1n) is 12.4. The molecule has 0 fully saturated rings. The molecule has 1 unspecified atom stereocenters. The lowest BCUT2D eigenvalue weighted by Crippen LogP contribution is -2.52. The van der Waals surface area contributed by atoms with Gasteiger partial charge in [0.15, 0.2) is 0 Å². The van der Waals surface area contributed by atoms with Crippen LogP contribution in [-0.2, 0) is 26.2 Å². The molecule has 0 spiro atoms. The average Bonchev–Trinajstić information content (AvgIpc) is 2.91. The van der Waals surface area contributed by atoms with Gasteiger partial charge >= 0.3 is 0 Å². The number of hydrogen-bond acceptors (Lipinski definition) is 5. The number of aryl methyl sites for hydroxylation is 1. The van der Waals surface area contributed by atoms with Crippen LogP contribution in [0.15, 0.2) is 83.8 Å².